The van der Waals surface area contributed by atoms with Crippen LogP contribution in [0.1, 0.15) is 129 Å². The first-order valence-corrected chi connectivity index (χ1v) is 31.2. The molecule has 0 spiro atoms. The standard InChI is InChI=1S/3C12H14O.C9H10O.4C9H12.C3H5Cl.ClH.3Na.H2O/c2*1-3-7-11-8-5-6-9-12(11)13-10-4-2;1-3-6-10-8-5-9-11(7-4-2)12(10)13;1-2-5-8-6-3-4-7-9(8)10;4*1-8(2)9-6-4-3-5-7-9;1-2-3-4;;;;;/h2*3-6,8-9H,1-2,7,10H2;3-5,8-9,13H,1-2,6-7H2;2-4,6-7,10H,1,5H2;4*3-8H,1-2H3;2H,1,3H2;1H;;;;1H2/q;;;;;;;;;;3*+1;/p-3. The van der Waals surface area contributed by atoms with Gasteiger partial charge in [0.25, 0.3) is 0 Å². The van der Waals surface area contributed by atoms with Crippen LogP contribution in [-0.2, 0) is 32.1 Å². The third-order valence-corrected chi connectivity index (χ3v) is 12.8. The molecule has 0 heterocycles. The van der Waals surface area contributed by atoms with Crippen LogP contribution in [0.5, 0.6) is 23.0 Å². The molecule has 0 aliphatic rings. The van der Waals surface area contributed by atoms with Gasteiger partial charge in [-0.05, 0) is 112 Å². The Bertz CT molecular complexity index is 2850. The predicted octanol–water partition coefficient (Wildman–Crippen LogP) is 10.8. The van der Waals surface area contributed by atoms with Gasteiger partial charge in [0.1, 0.15) is 30.5 Å². The second kappa shape index (κ2) is 67.4. The molecule has 0 fully saturated rings. The van der Waals surface area contributed by atoms with Gasteiger partial charge in [0, 0.05) is 5.88 Å². The molecule has 0 saturated carbocycles. The van der Waals surface area contributed by atoms with Crippen molar-refractivity contribution >= 4 is 11.6 Å². The fourth-order valence-electron chi connectivity index (χ4n) is 7.70. The molecule has 0 aliphatic carbocycles. The number of hydrogen-bond acceptors (Lipinski definition) is 5. The molecular weight excluding hydrogens is 1230 g/mol. The van der Waals surface area contributed by atoms with E-state index in [9.17, 15) is 10.2 Å². The minimum absolute atomic E-state index is 0. The van der Waals surface area contributed by atoms with Crippen molar-refractivity contribution in [1.82, 2.24) is 0 Å². The van der Waals surface area contributed by atoms with E-state index in [2.05, 4.69) is 205 Å². The monoisotopic (exact) mass is 1330 g/mol. The molecule has 10 heteroatoms. The summed E-state index contributed by atoms with van der Waals surface area (Å²) in [7, 11) is 0. The molecule has 0 unspecified atom stereocenters. The SMILES string of the molecule is C=CCCl.C=CCOc1ccccc1CC=C.C=CCOc1ccccc1CC=C.C=CCc1cccc(CC=C)c1O.C=CCc1ccccc1[O-].CC(C)c1ccccc1.CC(C)c1ccccc1.CC(C)c1ccccc1.CC(C)c1ccccc1.[Cl-].[Na+].[Na+].[Na+].[OH-]. The topological polar surface area (TPSA) is 91.8 Å². The number of halogens is 2. The Kier molecular flexibility index (Phi) is 71.3. The summed E-state index contributed by atoms with van der Waals surface area (Å²) in [6.45, 7) is 47.5. The molecule has 8 aromatic carbocycles. The number of hydrogen-bond donors (Lipinski definition) is 1. The number of rotatable bonds is 21. The molecule has 8 aromatic rings. The summed E-state index contributed by atoms with van der Waals surface area (Å²) in [4.78, 5) is 0. The minimum atomic E-state index is 0. The van der Waals surface area contributed by atoms with Gasteiger partial charge in [-0.25, -0.2) is 0 Å². The summed E-state index contributed by atoms with van der Waals surface area (Å²) < 4.78 is 10.9. The maximum Gasteiger partial charge on any atom is 1.00 e. The number of allylic oxidation sites excluding steroid dienone is 6. The maximum atomic E-state index is 11.0. The van der Waals surface area contributed by atoms with E-state index in [0.29, 0.717) is 67.8 Å². The largest absolute Gasteiger partial charge is 1.00 e. The van der Waals surface area contributed by atoms with Gasteiger partial charge in [0.2, 0.25) is 0 Å². The van der Waals surface area contributed by atoms with Crippen LogP contribution >= 0.6 is 11.6 Å². The van der Waals surface area contributed by atoms with Crippen molar-refractivity contribution < 1.29 is 126 Å². The normalized spacial score (nSPS) is 8.99. The zero-order valence-corrected chi connectivity index (χ0v) is 66.3. The van der Waals surface area contributed by atoms with E-state index in [0.717, 1.165) is 41.0 Å². The van der Waals surface area contributed by atoms with Crippen molar-refractivity contribution in [3.8, 4) is 23.0 Å². The second-order valence-electron chi connectivity index (χ2n) is 21.1. The number of ether oxygens (including phenoxy) is 2. The number of benzene rings is 8. The van der Waals surface area contributed by atoms with Crippen molar-refractivity contribution in [2.45, 2.75) is 111 Å². The van der Waals surface area contributed by atoms with Crippen molar-refractivity contribution in [3.05, 3.63) is 364 Å². The fraction of sp³-hybridized carbons (Fsp3) is 0.238. The first kappa shape index (κ1) is 99.5. The number of para-hydroxylation sites is 4. The Hall–Kier alpha value is -5.58. The van der Waals surface area contributed by atoms with Crippen LogP contribution in [0.4, 0.5) is 0 Å². The van der Waals surface area contributed by atoms with Crippen molar-refractivity contribution in [2.24, 2.45) is 0 Å². The molecule has 0 bridgehead atoms. The first-order chi connectivity index (χ1) is 43.0. The maximum absolute atomic E-state index is 11.0. The molecule has 94 heavy (non-hydrogen) atoms. The average molecular weight is 1330 g/mol. The average Bonchev–Trinajstić information content (AvgIpc) is 2.63. The van der Waals surface area contributed by atoms with Crippen LogP contribution in [-0.4, -0.2) is 29.7 Å². The van der Waals surface area contributed by atoms with Crippen molar-refractivity contribution in [3.63, 3.8) is 0 Å². The number of aromatic hydroxyl groups is 1. The van der Waals surface area contributed by atoms with E-state index in [4.69, 9.17) is 21.1 Å². The van der Waals surface area contributed by atoms with Gasteiger partial charge in [-0.3, -0.25) is 0 Å². The summed E-state index contributed by atoms with van der Waals surface area (Å²) in [5.41, 5.74) is 10.7. The second-order valence-corrected chi connectivity index (χ2v) is 21.4. The molecule has 2 N–H and O–H groups in total. The Labute approximate surface area is 647 Å². The molecule has 0 radical (unpaired) electrons. The third-order valence-electron chi connectivity index (χ3n) is 12.6. The molecule has 0 aliphatic heterocycles. The minimum Gasteiger partial charge on any atom is -1.00 e. The zero-order valence-electron chi connectivity index (χ0n) is 58.8. The van der Waals surface area contributed by atoms with E-state index in [1.165, 1.54) is 33.4 Å². The quantitative estimate of drug-likeness (QED) is 0.0440. The fourth-order valence-corrected chi connectivity index (χ4v) is 7.70. The van der Waals surface area contributed by atoms with E-state index in [1.54, 1.807) is 48.6 Å². The third kappa shape index (κ3) is 49.0. The first-order valence-electron chi connectivity index (χ1n) is 30.6. The van der Waals surface area contributed by atoms with Crippen LogP contribution in [0.2, 0.25) is 0 Å². The Balaban J connectivity index is -0.000000233. The molecule has 5 nitrogen and oxygen atoms in total. The summed E-state index contributed by atoms with van der Waals surface area (Å²) in [5.74, 6) is 5.50. The van der Waals surface area contributed by atoms with Crippen molar-refractivity contribution in [2.75, 3.05) is 19.1 Å². The van der Waals surface area contributed by atoms with E-state index in [1.807, 2.05) is 115 Å². The van der Waals surface area contributed by atoms with Crippen LogP contribution in [0.25, 0.3) is 0 Å². The molecule has 488 valence electrons. The predicted molar refractivity (Wildman–Crippen MR) is 393 cm³/mol. The van der Waals surface area contributed by atoms with E-state index in [-0.39, 0.29) is 112 Å². The number of phenols is 1. The summed E-state index contributed by atoms with van der Waals surface area (Å²) in [6, 6.07) is 70.8. The number of alkyl halides is 1. The molecule has 0 saturated heterocycles. The van der Waals surface area contributed by atoms with Crippen LogP contribution < -0.4 is 116 Å². The molecule has 8 rings (SSSR count). The summed E-state index contributed by atoms with van der Waals surface area (Å²) in [5, 5.41) is 20.7. The zero-order chi connectivity index (χ0) is 66.3. The summed E-state index contributed by atoms with van der Waals surface area (Å²) in [6.07, 6.45) is 17.9. The molecule has 0 atom stereocenters. The van der Waals surface area contributed by atoms with Gasteiger partial charge in [-0.1, -0.05) is 323 Å². The van der Waals surface area contributed by atoms with Gasteiger partial charge in [0.05, 0.1) is 0 Å². The van der Waals surface area contributed by atoms with Crippen LogP contribution in [0.3, 0.4) is 0 Å². The van der Waals surface area contributed by atoms with Gasteiger partial charge in [0.15, 0.2) is 0 Å². The Morgan fingerprint density at radius 2 is 0.564 bits per heavy atom. The molecule has 0 aromatic heterocycles. The molecule has 0 amide bonds. The Morgan fingerprint density at radius 1 is 0.340 bits per heavy atom. The van der Waals surface area contributed by atoms with Crippen molar-refractivity contribution in [1.29, 1.82) is 0 Å². The Morgan fingerprint density at radius 3 is 0.798 bits per heavy atom. The smallest absolute Gasteiger partial charge is 1.00 e. The van der Waals surface area contributed by atoms with Gasteiger partial charge in [-0.15, -0.1) is 56.8 Å². The summed E-state index contributed by atoms with van der Waals surface area (Å²) >= 11 is 5.07. The number of phenolic OH excluding ortho intramolecular Hbond substituents is 1. The van der Waals surface area contributed by atoms with E-state index >= 15 is 0 Å². The van der Waals surface area contributed by atoms with Gasteiger partial charge in [-0.2, -0.15) is 0 Å². The van der Waals surface area contributed by atoms with Gasteiger partial charge >= 0.3 is 88.7 Å². The van der Waals surface area contributed by atoms with E-state index < -0.39 is 0 Å². The van der Waals surface area contributed by atoms with Crippen LogP contribution in [0, 0.1) is 0 Å². The van der Waals surface area contributed by atoms with Crippen LogP contribution in [0.15, 0.2) is 314 Å². The van der Waals surface area contributed by atoms with Gasteiger partial charge < -0.3 is 37.6 Å². The molecular formula is C84H105Cl2Na3O5.